The molecule has 0 spiro atoms. The van der Waals surface area contributed by atoms with Crippen LogP contribution >= 0.6 is 0 Å². The Bertz CT molecular complexity index is 200. The van der Waals surface area contributed by atoms with Crippen LogP contribution in [0.2, 0.25) is 0 Å². The minimum absolute atomic E-state index is 0.734. The van der Waals surface area contributed by atoms with E-state index in [0.29, 0.717) is 0 Å². The van der Waals surface area contributed by atoms with Gasteiger partial charge in [0.1, 0.15) is 6.07 Å². The van der Waals surface area contributed by atoms with Crippen LogP contribution in [0.3, 0.4) is 0 Å². The molecule has 6 nitrogen and oxygen atoms in total. The highest BCUT2D eigenvalue weighted by atomic mass is 16.4. The number of aliphatic hydroxyl groups is 1. The van der Waals surface area contributed by atoms with Crippen LogP contribution in [-0.2, 0) is 9.59 Å². The smallest absolute Gasteiger partial charge is 0.363 e. The molecule has 6 heteroatoms. The van der Waals surface area contributed by atoms with Crippen molar-refractivity contribution in [3.8, 4) is 6.07 Å². The monoisotopic (exact) mass is 145 g/mol. The summed E-state index contributed by atoms with van der Waals surface area (Å²) in [4.78, 5) is 19.7. The van der Waals surface area contributed by atoms with Gasteiger partial charge in [-0.3, -0.25) is 0 Å². The van der Waals surface area contributed by atoms with Crippen molar-refractivity contribution in [1.29, 1.82) is 5.26 Å². The number of nitrogens with zero attached hydrogens (tertiary/aromatic N) is 1. The maximum Gasteiger partial charge on any atom is 0.363 e. The number of carbonyl (C=O) groups is 2. The highest BCUT2D eigenvalue weighted by Gasteiger charge is 2.45. The van der Waals surface area contributed by atoms with Gasteiger partial charge in [0.2, 0.25) is 0 Å². The largest absolute Gasteiger partial charge is 0.478 e. The molecule has 0 atom stereocenters. The van der Waals surface area contributed by atoms with Gasteiger partial charge in [0, 0.05) is 0 Å². The molecule has 0 saturated heterocycles. The molecule has 0 heterocycles. The second-order valence-electron chi connectivity index (χ2n) is 1.43. The number of hydrogen-bond donors (Lipinski definition) is 3. The Morgan fingerprint density at radius 2 is 1.60 bits per heavy atom. The number of aliphatic carboxylic acids is 2. The Labute approximate surface area is 54.9 Å². The summed E-state index contributed by atoms with van der Waals surface area (Å²) in [6, 6.07) is 0.734. The normalized spacial score (nSPS) is 10.0. The van der Waals surface area contributed by atoms with E-state index in [1.54, 1.807) is 0 Å². The van der Waals surface area contributed by atoms with Gasteiger partial charge in [0.05, 0.1) is 0 Å². The van der Waals surface area contributed by atoms with E-state index in [1.165, 1.54) is 0 Å². The molecule has 0 aromatic heterocycles. The molecule has 0 amide bonds. The Morgan fingerprint density at radius 1 is 1.30 bits per heavy atom. The van der Waals surface area contributed by atoms with Gasteiger partial charge >= 0.3 is 17.5 Å². The third kappa shape index (κ3) is 1.04. The first kappa shape index (κ1) is 8.39. The Kier molecular flexibility index (Phi) is 1.95. The van der Waals surface area contributed by atoms with Gasteiger partial charge in [-0.15, -0.1) is 0 Å². The molecule has 0 aliphatic carbocycles. The lowest BCUT2D eigenvalue weighted by Gasteiger charge is -2.06. The van der Waals surface area contributed by atoms with Gasteiger partial charge < -0.3 is 15.3 Å². The van der Waals surface area contributed by atoms with Crippen LogP contribution in [0.4, 0.5) is 0 Å². The molecule has 0 radical (unpaired) electrons. The first-order valence-corrected chi connectivity index (χ1v) is 2.05. The molecule has 0 fully saturated rings. The quantitative estimate of drug-likeness (QED) is 0.318. The van der Waals surface area contributed by atoms with Crippen LogP contribution < -0.4 is 0 Å². The molecule has 0 aliphatic rings. The molecular formula is C4H3NO5. The van der Waals surface area contributed by atoms with Crippen molar-refractivity contribution >= 4 is 11.9 Å². The van der Waals surface area contributed by atoms with Crippen LogP contribution in [0.15, 0.2) is 0 Å². The maximum atomic E-state index is 9.84. The summed E-state index contributed by atoms with van der Waals surface area (Å²) in [5.41, 5.74) is -3.32. The van der Waals surface area contributed by atoms with Crippen LogP contribution in [-0.4, -0.2) is 32.9 Å². The molecule has 0 saturated carbocycles. The van der Waals surface area contributed by atoms with E-state index in [-0.39, 0.29) is 0 Å². The lowest BCUT2D eigenvalue weighted by atomic mass is 10.1. The minimum atomic E-state index is -3.32. The third-order valence-corrected chi connectivity index (χ3v) is 0.781. The van der Waals surface area contributed by atoms with Crippen molar-refractivity contribution in [2.75, 3.05) is 0 Å². The Balaban J connectivity index is 4.78. The van der Waals surface area contributed by atoms with Crippen LogP contribution in [0, 0.1) is 11.3 Å². The number of hydrogen-bond acceptors (Lipinski definition) is 4. The zero-order chi connectivity index (χ0) is 8.36. The third-order valence-electron chi connectivity index (χ3n) is 0.781. The predicted molar refractivity (Wildman–Crippen MR) is 25.8 cm³/mol. The SMILES string of the molecule is N#CC(O)(C(=O)O)C(=O)O. The zero-order valence-electron chi connectivity index (χ0n) is 4.61. The minimum Gasteiger partial charge on any atom is -0.478 e. The van der Waals surface area contributed by atoms with E-state index in [4.69, 9.17) is 20.6 Å². The predicted octanol–water partition coefficient (Wildman–Crippen LogP) is -1.59. The standard InChI is InChI=1S/C4H3NO5/c5-1-4(10,2(6)7)3(8)9/h10H,(H,6,7)(H,8,9). The lowest BCUT2D eigenvalue weighted by molar-refractivity contribution is -0.168. The Morgan fingerprint density at radius 3 is 1.60 bits per heavy atom. The van der Waals surface area contributed by atoms with Gasteiger partial charge in [-0.25, -0.2) is 9.59 Å². The molecule has 0 unspecified atom stereocenters. The van der Waals surface area contributed by atoms with E-state index < -0.39 is 17.5 Å². The molecule has 0 aliphatic heterocycles. The van der Waals surface area contributed by atoms with Crippen molar-refractivity contribution in [2.45, 2.75) is 5.60 Å². The molecular weight excluding hydrogens is 142 g/mol. The van der Waals surface area contributed by atoms with Gasteiger partial charge in [-0.2, -0.15) is 5.26 Å². The average molecular weight is 145 g/mol. The average Bonchev–Trinajstić information content (AvgIpc) is 1.85. The van der Waals surface area contributed by atoms with E-state index in [9.17, 15) is 9.59 Å². The molecule has 0 rings (SSSR count). The fourth-order valence-electron chi connectivity index (χ4n) is 0.187. The molecule has 0 bridgehead atoms. The summed E-state index contributed by atoms with van der Waals surface area (Å²) in [7, 11) is 0. The van der Waals surface area contributed by atoms with Crippen molar-refractivity contribution in [3.63, 3.8) is 0 Å². The van der Waals surface area contributed by atoms with Gasteiger partial charge in [0.15, 0.2) is 0 Å². The number of rotatable bonds is 2. The number of carboxylic acids is 2. The summed E-state index contributed by atoms with van der Waals surface area (Å²) in [5.74, 6) is -4.19. The van der Waals surface area contributed by atoms with E-state index >= 15 is 0 Å². The second kappa shape index (κ2) is 2.33. The van der Waals surface area contributed by atoms with Crippen molar-refractivity contribution in [2.24, 2.45) is 0 Å². The molecule has 0 aromatic rings. The summed E-state index contributed by atoms with van der Waals surface area (Å²) in [5, 5.41) is 32.2. The number of carboxylic acid groups (broad SMARTS) is 2. The van der Waals surface area contributed by atoms with Crippen LogP contribution in [0.1, 0.15) is 0 Å². The van der Waals surface area contributed by atoms with Crippen LogP contribution in [0.25, 0.3) is 0 Å². The van der Waals surface area contributed by atoms with Crippen LogP contribution in [0.5, 0.6) is 0 Å². The van der Waals surface area contributed by atoms with Crippen molar-refractivity contribution in [1.82, 2.24) is 0 Å². The summed E-state index contributed by atoms with van der Waals surface area (Å²) >= 11 is 0. The topological polar surface area (TPSA) is 119 Å². The molecule has 3 N–H and O–H groups in total. The molecule has 54 valence electrons. The van der Waals surface area contributed by atoms with Crippen molar-refractivity contribution in [3.05, 3.63) is 0 Å². The van der Waals surface area contributed by atoms with E-state index in [1.807, 2.05) is 0 Å². The van der Waals surface area contributed by atoms with Gasteiger partial charge in [0.25, 0.3) is 0 Å². The second-order valence-corrected chi connectivity index (χ2v) is 1.43. The highest BCUT2D eigenvalue weighted by molar-refractivity contribution is 6.04. The summed E-state index contributed by atoms with van der Waals surface area (Å²) in [6.45, 7) is 0. The number of nitriles is 1. The maximum absolute atomic E-state index is 9.84. The molecule has 10 heavy (non-hydrogen) atoms. The van der Waals surface area contributed by atoms with Gasteiger partial charge in [-0.05, 0) is 0 Å². The highest BCUT2D eigenvalue weighted by Crippen LogP contribution is 2.01. The first-order chi connectivity index (χ1) is 4.45. The fraction of sp³-hybridized carbons (Fsp3) is 0.250. The Hall–Kier alpha value is -1.61. The lowest BCUT2D eigenvalue weighted by Crippen LogP contribution is -2.45. The first-order valence-electron chi connectivity index (χ1n) is 2.05. The molecule has 0 aromatic carbocycles. The summed E-state index contributed by atoms with van der Waals surface area (Å²) < 4.78 is 0. The van der Waals surface area contributed by atoms with Gasteiger partial charge in [-0.1, -0.05) is 0 Å². The van der Waals surface area contributed by atoms with E-state index in [0.717, 1.165) is 6.07 Å². The zero-order valence-corrected chi connectivity index (χ0v) is 4.61. The van der Waals surface area contributed by atoms with E-state index in [2.05, 4.69) is 0 Å². The van der Waals surface area contributed by atoms with Crippen molar-refractivity contribution < 1.29 is 24.9 Å². The summed E-state index contributed by atoms with van der Waals surface area (Å²) in [6.07, 6.45) is 0. The fourth-order valence-corrected chi connectivity index (χ4v) is 0.187.